The molecule has 1 aromatic carbocycles. The molecular formula is C23H24N4O3S. The lowest BCUT2D eigenvalue weighted by Gasteiger charge is -2.33. The van der Waals surface area contributed by atoms with Crippen LogP contribution in [0.25, 0.3) is 5.69 Å². The number of aromatic nitrogens is 2. The van der Waals surface area contributed by atoms with Gasteiger partial charge in [0.1, 0.15) is 0 Å². The quantitative estimate of drug-likeness (QED) is 0.421. The van der Waals surface area contributed by atoms with Crippen LogP contribution in [0.2, 0.25) is 0 Å². The fourth-order valence-corrected chi connectivity index (χ4v) is 4.45. The number of thiophene rings is 1. The largest absolute Gasteiger partial charge is 0.333 e. The highest BCUT2D eigenvalue weighted by Gasteiger charge is 2.32. The maximum atomic E-state index is 12.4. The first-order valence-electron chi connectivity index (χ1n) is 10.3. The zero-order valence-electron chi connectivity index (χ0n) is 17.6. The molecule has 3 heterocycles. The van der Waals surface area contributed by atoms with Crippen LogP contribution in [0.3, 0.4) is 0 Å². The molecule has 1 aliphatic rings. The minimum Gasteiger partial charge on any atom is -0.333 e. The number of piperazine rings is 1. The van der Waals surface area contributed by atoms with Crippen LogP contribution in [-0.2, 0) is 16.0 Å². The number of anilines is 1. The number of likely N-dealkylation sites (N-methyl/N-ethyl adjacent to an activating group) is 1. The van der Waals surface area contributed by atoms with E-state index in [0.29, 0.717) is 38.2 Å². The number of carbonyl (C=O) groups is 3. The van der Waals surface area contributed by atoms with Gasteiger partial charge >= 0.3 is 11.8 Å². The summed E-state index contributed by atoms with van der Waals surface area (Å²) in [4.78, 5) is 46.2. The molecule has 2 aromatic heterocycles. The van der Waals surface area contributed by atoms with E-state index in [-0.39, 0.29) is 5.78 Å². The van der Waals surface area contributed by atoms with E-state index in [0.717, 1.165) is 21.1 Å². The smallest absolute Gasteiger partial charge is 0.316 e. The van der Waals surface area contributed by atoms with Crippen molar-refractivity contribution in [2.75, 3.05) is 24.5 Å². The Bertz CT molecular complexity index is 1120. The molecule has 0 bridgehead atoms. The average molecular weight is 437 g/mol. The molecule has 0 N–H and O–H groups in total. The maximum absolute atomic E-state index is 12.4. The van der Waals surface area contributed by atoms with Gasteiger partial charge < -0.3 is 14.4 Å². The van der Waals surface area contributed by atoms with E-state index in [4.69, 9.17) is 0 Å². The minimum absolute atomic E-state index is 0.138. The van der Waals surface area contributed by atoms with E-state index in [9.17, 15) is 14.4 Å². The first-order chi connectivity index (χ1) is 15.0. The van der Waals surface area contributed by atoms with E-state index in [2.05, 4.69) is 4.98 Å². The van der Waals surface area contributed by atoms with Crippen LogP contribution in [-0.4, -0.2) is 51.7 Å². The molecule has 0 unspecified atom stereocenters. The van der Waals surface area contributed by atoms with Crippen molar-refractivity contribution >= 4 is 34.6 Å². The molecule has 0 spiro atoms. The van der Waals surface area contributed by atoms with Gasteiger partial charge in [-0.3, -0.25) is 14.4 Å². The van der Waals surface area contributed by atoms with E-state index in [1.54, 1.807) is 11.2 Å². The Kier molecular flexibility index (Phi) is 5.99. The summed E-state index contributed by atoms with van der Waals surface area (Å²) in [7, 11) is 0. The molecule has 0 aliphatic carbocycles. The van der Waals surface area contributed by atoms with Crippen LogP contribution >= 0.6 is 11.3 Å². The van der Waals surface area contributed by atoms with E-state index in [1.165, 1.54) is 16.2 Å². The molecule has 8 heteroatoms. The van der Waals surface area contributed by atoms with Crippen LogP contribution in [0.15, 0.2) is 48.9 Å². The standard InChI is InChI=1S/C23H24N4O3S/c1-3-25-12-13-27(23(30)22(25)29)19-8-6-18(7-9-19)26-14-17(24-15-26)5-10-20(28)21-11-4-16(2)31-21/h4,6-9,11,14-15H,3,5,10,12-13H2,1-2H3. The van der Waals surface area contributed by atoms with E-state index < -0.39 is 11.8 Å². The van der Waals surface area contributed by atoms with Crippen molar-refractivity contribution in [1.29, 1.82) is 0 Å². The third-order valence-electron chi connectivity index (χ3n) is 5.41. The van der Waals surface area contributed by atoms with E-state index in [1.807, 2.05) is 61.0 Å². The normalized spacial score (nSPS) is 14.4. The van der Waals surface area contributed by atoms with Gasteiger partial charge in [0.25, 0.3) is 0 Å². The van der Waals surface area contributed by atoms with Crippen LogP contribution < -0.4 is 4.90 Å². The number of aryl methyl sites for hydroxylation is 2. The molecule has 0 saturated carbocycles. The highest BCUT2D eigenvalue weighted by molar-refractivity contribution is 7.14. The van der Waals surface area contributed by atoms with E-state index >= 15 is 0 Å². The molecule has 0 radical (unpaired) electrons. The van der Waals surface area contributed by atoms with Crippen molar-refractivity contribution in [3.8, 4) is 5.69 Å². The monoisotopic (exact) mass is 436 g/mol. The molecule has 31 heavy (non-hydrogen) atoms. The average Bonchev–Trinajstić information content (AvgIpc) is 3.43. The molecule has 4 rings (SSSR count). The number of ketones is 1. The molecule has 1 fully saturated rings. The lowest BCUT2D eigenvalue weighted by atomic mass is 10.1. The summed E-state index contributed by atoms with van der Waals surface area (Å²) in [5, 5.41) is 0. The maximum Gasteiger partial charge on any atom is 0.316 e. The molecule has 160 valence electrons. The fourth-order valence-electron chi connectivity index (χ4n) is 3.61. The van der Waals surface area contributed by atoms with Crippen molar-refractivity contribution in [1.82, 2.24) is 14.5 Å². The number of nitrogens with zero attached hydrogens (tertiary/aromatic N) is 4. The lowest BCUT2D eigenvalue weighted by molar-refractivity contribution is -0.146. The van der Waals surface area contributed by atoms with Crippen LogP contribution in [0.1, 0.15) is 33.6 Å². The number of rotatable bonds is 7. The molecular weight excluding hydrogens is 412 g/mol. The summed E-state index contributed by atoms with van der Waals surface area (Å²) < 4.78 is 1.89. The fraction of sp³-hybridized carbons (Fsp3) is 0.304. The van der Waals surface area contributed by atoms with Crippen molar-refractivity contribution in [2.45, 2.75) is 26.7 Å². The molecule has 7 nitrogen and oxygen atoms in total. The zero-order valence-corrected chi connectivity index (χ0v) is 18.4. The Hall–Kier alpha value is -3.26. The van der Waals surface area contributed by atoms with Crippen molar-refractivity contribution in [2.24, 2.45) is 0 Å². The Labute approximate surface area is 184 Å². The number of imidazole rings is 1. The third-order valence-corrected chi connectivity index (χ3v) is 6.45. The summed E-state index contributed by atoms with van der Waals surface area (Å²) >= 11 is 1.52. The summed E-state index contributed by atoms with van der Waals surface area (Å²) in [5.41, 5.74) is 2.45. The Morgan fingerprint density at radius 1 is 1.03 bits per heavy atom. The summed E-state index contributed by atoms with van der Waals surface area (Å²) in [6, 6.07) is 11.3. The minimum atomic E-state index is -0.489. The van der Waals surface area contributed by atoms with Crippen LogP contribution in [0, 0.1) is 6.92 Å². The zero-order chi connectivity index (χ0) is 22.0. The van der Waals surface area contributed by atoms with Crippen LogP contribution in [0.4, 0.5) is 5.69 Å². The third kappa shape index (κ3) is 4.44. The van der Waals surface area contributed by atoms with Gasteiger partial charge in [-0.15, -0.1) is 11.3 Å². The van der Waals surface area contributed by atoms with Gasteiger partial charge in [-0.05, 0) is 56.7 Å². The Morgan fingerprint density at radius 3 is 2.45 bits per heavy atom. The molecule has 3 aromatic rings. The first kappa shape index (κ1) is 21.0. The van der Waals surface area contributed by atoms with Gasteiger partial charge in [0.15, 0.2) is 5.78 Å². The summed E-state index contributed by atoms with van der Waals surface area (Å²) in [6.45, 7) is 5.43. The number of hydrogen-bond donors (Lipinski definition) is 0. The van der Waals surface area contributed by atoms with Crippen molar-refractivity contribution in [3.63, 3.8) is 0 Å². The van der Waals surface area contributed by atoms with Gasteiger partial charge in [0.2, 0.25) is 0 Å². The number of amides is 2. The lowest BCUT2D eigenvalue weighted by Crippen LogP contribution is -2.54. The summed E-state index contributed by atoms with van der Waals surface area (Å²) in [6.07, 6.45) is 4.64. The van der Waals surface area contributed by atoms with Gasteiger partial charge in [-0.1, -0.05) is 0 Å². The first-order valence-corrected chi connectivity index (χ1v) is 11.1. The van der Waals surface area contributed by atoms with Gasteiger partial charge in [0, 0.05) is 48.5 Å². The molecule has 1 saturated heterocycles. The molecule has 0 atom stereocenters. The van der Waals surface area contributed by atoms with Crippen molar-refractivity contribution < 1.29 is 14.4 Å². The van der Waals surface area contributed by atoms with Crippen LogP contribution in [0.5, 0.6) is 0 Å². The number of Topliss-reactive ketones (excluding diaryl/α,β-unsaturated/α-hetero) is 1. The van der Waals surface area contributed by atoms with Crippen molar-refractivity contribution in [3.05, 3.63) is 64.4 Å². The Balaban J connectivity index is 1.40. The Morgan fingerprint density at radius 2 is 1.77 bits per heavy atom. The second kappa shape index (κ2) is 8.85. The van der Waals surface area contributed by atoms with Gasteiger partial charge in [-0.2, -0.15) is 0 Å². The predicted octanol–water partition coefficient (Wildman–Crippen LogP) is 3.25. The SMILES string of the molecule is CCN1CCN(c2ccc(-n3cnc(CCC(=O)c4ccc(C)s4)c3)cc2)C(=O)C1=O. The second-order valence-electron chi connectivity index (χ2n) is 7.46. The predicted molar refractivity (Wildman–Crippen MR) is 120 cm³/mol. The van der Waals surface area contributed by atoms with Gasteiger partial charge in [0.05, 0.1) is 16.9 Å². The number of hydrogen-bond acceptors (Lipinski definition) is 5. The highest BCUT2D eigenvalue weighted by Crippen LogP contribution is 2.21. The molecule has 1 aliphatic heterocycles. The highest BCUT2D eigenvalue weighted by atomic mass is 32.1. The number of carbonyl (C=O) groups excluding carboxylic acids is 3. The van der Waals surface area contributed by atoms with Gasteiger partial charge in [-0.25, -0.2) is 4.98 Å². The number of benzene rings is 1. The topological polar surface area (TPSA) is 75.5 Å². The second-order valence-corrected chi connectivity index (χ2v) is 8.75. The summed E-state index contributed by atoms with van der Waals surface area (Å²) in [5.74, 6) is -0.805. The molecule has 2 amide bonds.